The number of carbonyl (C=O) groups excluding carboxylic acids is 3. The molecule has 2 aromatic rings. The van der Waals surface area contributed by atoms with Crippen LogP contribution in [0.5, 0.6) is 0 Å². The fraction of sp³-hybridized carbons (Fsp3) is 0.286. The maximum absolute atomic E-state index is 13.2. The Morgan fingerprint density at radius 1 is 0.929 bits per heavy atom. The van der Waals surface area contributed by atoms with Crippen molar-refractivity contribution in [1.29, 1.82) is 0 Å². The SMILES string of the molecule is CC(OC(=O)c1ccc(F)c(F)c1)C(=O)c1ccc(NC(=O)C(C)(C)C)cc1. The minimum absolute atomic E-state index is 0.166. The average Bonchev–Trinajstić information content (AvgIpc) is 2.63. The second-order valence-electron chi connectivity index (χ2n) is 7.32. The van der Waals surface area contributed by atoms with Crippen molar-refractivity contribution in [2.24, 2.45) is 5.41 Å². The number of ether oxygens (including phenoxy) is 1. The third-order valence-corrected chi connectivity index (χ3v) is 3.92. The highest BCUT2D eigenvalue weighted by Crippen LogP contribution is 2.19. The topological polar surface area (TPSA) is 72.5 Å². The van der Waals surface area contributed by atoms with E-state index in [9.17, 15) is 23.2 Å². The molecule has 2 aromatic carbocycles. The molecular weight excluding hydrogens is 368 g/mol. The summed E-state index contributed by atoms with van der Waals surface area (Å²) in [6.45, 7) is 6.73. The number of rotatable bonds is 5. The Morgan fingerprint density at radius 2 is 1.50 bits per heavy atom. The molecule has 1 unspecified atom stereocenters. The summed E-state index contributed by atoms with van der Waals surface area (Å²) in [7, 11) is 0. The Kier molecular flexibility index (Phi) is 6.28. The molecule has 0 heterocycles. The van der Waals surface area contributed by atoms with E-state index in [1.165, 1.54) is 19.1 Å². The van der Waals surface area contributed by atoms with Crippen LogP contribution in [0.15, 0.2) is 42.5 Å². The van der Waals surface area contributed by atoms with Crippen LogP contribution in [0, 0.1) is 17.0 Å². The molecule has 0 saturated heterocycles. The zero-order valence-electron chi connectivity index (χ0n) is 16.0. The molecule has 1 amide bonds. The number of hydrogen-bond donors (Lipinski definition) is 1. The zero-order valence-corrected chi connectivity index (χ0v) is 16.0. The normalized spacial score (nSPS) is 12.2. The van der Waals surface area contributed by atoms with Crippen LogP contribution in [0.3, 0.4) is 0 Å². The second-order valence-corrected chi connectivity index (χ2v) is 7.32. The number of nitrogens with one attached hydrogen (secondary N) is 1. The predicted molar refractivity (Wildman–Crippen MR) is 100 cm³/mol. The lowest BCUT2D eigenvalue weighted by Gasteiger charge is -2.18. The van der Waals surface area contributed by atoms with Gasteiger partial charge in [0.1, 0.15) is 0 Å². The summed E-state index contributed by atoms with van der Waals surface area (Å²) < 4.78 is 31.2. The van der Waals surface area contributed by atoms with Gasteiger partial charge < -0.3 is 10.1 Å². The number of benzene rings is 2. The maximum Gasteiger partial charge on any atom is 0.338 e. The number of hydrogen-bond acceptors (Lipinski definition) is 4. The van der Waals surface area contributed by atoms with Crippen LogP contribution in [-0.4, -0.2) is 23.8 Å². The minimum atomic E-state index is -1.18. The van der Waals surface area contributed by atoms with E-state index in [1.54, 1.807) is 32.9 Å². The summed E-state index contributed by atoms with van der Waals surface area (Å²) in [5.41, 5.74) is 0.0536. The summed E-state index contributed by atoms with van der Waals surface area (Å²) in [6.07, 6.45) is -1.13. The number of anilines is 1. The van der Waals surface area contributed by atoms with E-state index in [0.29, 0.717) is 11.8 Å². The van der Waals surface area contributed by atoms with E-state index in [4.69, 9.17) is 4.74 Å². The Bertz CT molecular complexity index is 902. The van der Waals surface area contributed by atoms with Gasteiger partial charge in [-0.25, -0.2) is 13.6 Å². The summed E-state index contributed by atoms with van der Waals surface area (Å²) in [5.74, 6) is -3.83. The first-order valence-corrected chi connectivity index (χ1v) is 8.61. The van der Waals surface area contributed by atoms with Crippen molar-refractivity contribution in [3.05, 3.63) is 65.2 Å². The van der Waals surface area contributed by atoms with Gasteiger partial charge in [0.25, 0.3) is 0 Å². The van der Waals surface area contributed by atoms with Gasteiger partial charge in [0, 0.05) is 16.7 Å². The van der Waals surface area contributed by atoms with E-state index in [2.05, 4.69) is 5.32 Å². The molecule has 0 aliphatic carbocycles. The van der Waals surface area contributed by atoms with E-state index < -0.39 is 34.9 Å². The van der Waals surface area contributed by atoms with Crippen molar-refractivity contribution in [2.75, 3.05) is 5.32 Å². The van der Waals surface area contributed by atoms with Gasteiger partial charge in [0.15, 0.2) is 17.7 Å². The molecular formula is C21H21F2NO4. The summed E-state index contributed by atoms with van der Waals surface area (Å²) >= 11 is 0. The van der Waals surface area contributed by atoms with E-state index in [1.807, 2.05) is 0 Å². The Morgan fingerprint density at radius 3 is 2.04 bits per heavy atom. The Balaban J connectivity index is 2.03. The van der Waals surface area contributed by atoms with Crippen molar-refractivity contribution in [3.63, 3.8) is 0 Å². The van der Waals surface area contributed by atoms with Crippen molar-refractivity contribution < 1.29 is 27.9 Å². The quantitative estimate of drug-likeness (QED) is 0.609. The molecule has 0 bridgehead atoms. The molecule has 28 heavy (non-hydrogen) atoms. The van der Waals surface area contributed by atoms with Crippen molar-refractivity contribution >= 4 is 23.3 Å². The molecule has 1 N–H and O–H groups in total. The third-order valence-electron chi connectivity index (χ3n) is 3.92. The number of halogens is 2. The standard InChI is InChI=1S/C21H21F2NO4/c1-12(28-19(26)14-7-10-16(22)17(23)11-14)18(25)13-5-8-15(9-6-13)24-20(27)21(2,3)4/h5-12H,1-4H3,(H,24,27). The number of esters is 1. The van der Waals surface area contributed by atoms with Crippen LogP contribution in [0.4, 0.5) is 14.5 Å². The van der Waals surface area contributed by atoms with Crippen molar-refractivity contribution in [3.8, 4) is 0 Å². The molecule has 0 aliphatic heterocycles. The van der Waals surface area contributed by atoms with Gasteiger partial charge >= 0.3 is 5.97 Å². The molecule has 0 radical (unpaired) electrons. The molecule has 0 aliphatic rings. The molecule has 0 aromatic heterocycles. The number of ketones is 1. The van der Waals surface area contributed by atoms with Crippen molar-refractivity contribution in [1.82, 2.24) is 0 Å². The third kappa shape index (κ3) is 5.22. The fourth-order valence-corrected chi connectivity index (χ4v) is 2.18. The monoisotopic (exact) mass is 389 g/mol. The summed E-state index contributed by atoms with van der Waals surface area (Å²) in [6, 6.07) is 8.74. The highest BCUT2D eigenvalue weighted by Gasteiger charge is 2.23. The average molecular weight is 389 g/mol. The molecule has 0 saturated carbocycles. The summed E-state index contributed by atoms with van der Waals surface area (Å²) in [4.78, 5) is 36.4. The molecule has 148 valence electrons. The lowest BCUT2D eigenvalue weighted by molar-refractivity contribution is -0.123. The van der Waals surface area contributed by atoms with E-state index in [-0.39, 0.29) is 17.0 Å². The number of Topliss-reactive ketones (excluding diaryl/α,β-unsaturated/α-hetero) is 1. The van der Waals surface area contributed by atoms with Gasteiger partial charge in [-0.15, -0.1) is 0 Å². The highest BCUT2D eigenvalue weighted by atomic mass is 19.2. The smallest absolute Gasteiger partial charge is 0.338 e. The lowest BCUT2D eigenvalue weighted by atomic mass is 9.95. The maximum atomic E-state index is 13.2. The molecule has 1 atom stereocenters. The predicted octanol–water partition coefficient (Wildman–Crippen LogP) is 4.38. The second kappa shape index (κ2) is 8.29. The van der Waals surface area contributed by atoms with E-state index >= 15 is 0 Å². The first kappa shape index (κ1) is 21.2. The zero-order chi connectivity index (χ0) is 21.1. The lowest BCUT2D eigenvalue weighted by Crippen LogP contribution is -2.27. The van der Waals surface area contributed by atoms with Crippen LogP contribution in [0.25, 0.3) is 0 Å². The van der Waals surface area contributed by atoms with Gasteiger partial charge in [-0.05, 0) is 49.4 Å². The van der Waals surface area contributed by atoms with Crippen LogP contribution >= 0.6 is 0 Å². The van der Waals surface area contributed by atoms with Gasteiger partial charge in [-0.3, -0.25) is 9.59 Å². The first-order chi connectivity index (χ1) is 13.0. The Labute approximate surface area is 161 Å². The summed E-state index contributed by atoms with van der Waals surface area (Å²) in [5, 5.41) is 2.74. The molecule has 7 heteroatoms. The van der Waals surface area contributed by atoms with Gasteiger partial charge in [-0.1, -0.05) is 20.8 Å². The van der Waals surface area contributed by atoms with Gasteiger partial charge in [-0.2, -0.15) is 0 Å². The van der Waals surface area contributed by atoms with Crippen LogP contribution in [0.1, 0.15) is 48.4 Å². The van der Waals surface area contributed by atoms with Gasteiger partial charge in [0.2, 0.25) is 11.7 Å². The highest BCUT2D eigenvalue weighted by molar-refractivity contribution is 6.02. The molecule has 2 rings (SSSR count). The molecule has 0 fully saturated rings. The van der Waals surface area contributed by atoms with Gasteiger partial charge in [0.05, 0.1) is 5.56 Å². The van der Waals surface area contributed by atoms with Crippen LogP contribution in [0.2, 0.25) is 0 Å². The Hall–Kier alpha value is -3.09. The first-order valence-electron chi connectivity index (χ1n) is 8.61. The molecule has 5 nitrogen and oxygen atoms in total. The fourth-order valence-electron chi connectivity index (χ4n) is 2.18. The number of carbonyl (C=O) groups is 3. The molecule has 0 spiro atoms. The van der Waals surface area contributed by atoms with Crippen LogP contribution in [-0.2, 0) is 9.53 Å². The minimum Gasteiger partial charge on any atom is -0.451 e. The van der Waals surface area contributed by atoms with Crippen LogP contribution < -0.4 is 5.32 Å². The van der Waals surface area contributed by atoms with Crippen molar-refractivity contribution in [2.45, 2.75) is 33.8 Å². The number of amides is 1. The largest absolute Gasteiger partial charge is 0.451 e. The van der Waals surface area contributed by atoms with E-state index in [0.717, 1.165) is 12.1 Å².